The average molecular weight is 390 g/mol. The summed E-state index contributed by atoms with van der Waals surface area (Å²) >= 11 is 0. The monoisotopic (exact) mass is 390 g/mol. The number of ether oxygens (including phenoxy) is 2. The standard InChI is InChI=1S/C20H20F2N2O4/c1-12(28-14-6-7-15(21)16(22)11-14)20(26)23-13-5-8-17(18(10-13)27-2)24-9-3-4-19(24)25/h5-8,10-12H,3-4,9H2,1-2H3,(H,23,26). The van der Waals surface area contributed by atoms with Crippen molar-refractivity contribution in [1.82, 2.24) is 0 Å². The first-order valence-electron chi connectivity index (χ1n) is 8.80. The third-order valence-corrected chi connectivity index (χ3v) is 4.38. The van der Waals surface area contributed by atoms with Gasteiger partial charge in [-0.1, -0.05) is 0 Å². The molecular weight excluding hydrogens is 370 g/mol. The first-order chi connectivity index (χ1) is 13.4. The third kappa shape index (κ3) is 4.21. The van der Waals surface area contributed by atoms with Crippen molar-refractivity contribution >= 4 is 23.2 Å². The van der Waals surface area contributed by atoms with Crippen molar-refractivity contribution in [3.63, 3.8) is 0 Å². The zero-order valence-corrected chi connectivity index (χ0v) is 15.5. The summed E-state index contributed by atoms with van der Waals surface area (Å²) in [6.07, 6.45) is 0.343. The highest BCUT2D eigenvalue weighted by molar-refractivity contribution is 5.98. The van der Waals surface area contributed by atoms with Crippen LogP contribution in [0.1, 0.15) is 19.8 Å². The van der Waals surface area contributed by atoms with Crippen molar-refractivity contribution in [2.45, 2.75) is 25.9 Å². The molecule has 0 bridgehead atoms. The van der Waals surface area contributed by atoms with Gasteiger partial charge in [0.15, 0.2) is 17.7 Å². The van der Waals surface area contributed by atoms with Crippen LogP contribution in [0.3, 0.4) is 0 Å². The van der Waals surface area contributed by atoms with E-state index in [1.54, 1.807) is 23.1 Å². The number of benzene rings is 2. The molecule has 6 nitrogen and oxygen atoms in total. The van der Waals surface area contributed by atoms with Gasteiger partial charge in [0, 0.05) is 30.8 Å². The van der Waals surface area contributed by atoms with Crippen molar-refractivity contribution in [1.29, 1.82) is 0 Å². The number of methoxy groups -OCH3 is 1. The highest BCUT2D eigenvalue weighted by atomic mass is 19.2. The van der Waals surface area contributed by atoms with Gasteiger partial charge in [-0.15, -0.1) is 0 Å². The molecule has 0 saturated carbocycles. The Kier molecular flexibility index (Phi) is 5.77. The van der Waals surface area contributed by atoms with E-state index in [2.05, 4.69) is 5.32 Å². The van der Waals surface area contributed by atoms with E-state index in [9.17, 15) is 18.4 Å². The molecular formula is C20H20F2N2O4. The van der Waals surface area contributed by atoms with E-state index >= 15 is 0 Å². The maximum Gasteiger partial charge on any atom is 0.265 e. The zero-order chi connectivity index (χ0) is 20.3. The Hall–Kier alpha value is -3.16. The van der Waals surface area contributed by atoms with Crippen LogP contribution in [0.4, 0.5) is 20.2 Å². The molecule has 0 aliphatic carbocycles. The second-order valence-corrected chi connectivity index (χ2v) is 6.36. The number of carbonyl (C=O) groups excluding carboxylic acids is 2. The minimum atomic E-state index is -1.05. The van der Waals surface area contributed by atoms with Crippen LogP contribution in [0.25, 0.3) is 0 Å². The highest BCUT2D eigenvalue weighted by Crippen LogP contribution is 2.34. The number of halogens is 2. The van der Waals surface area contributed by atoms with Crippen LogP contribution in [0, 0.1) is 11.6 Å². The lowest BCUT2D eigenvalue weighted by molar-refractivity contribution is -0.122. The third-order valence-electron chi connectivity index (χ3n) is 4.38. The number of carbonyl (C=O) groups is 2. The maximum absolute atomic E-state index is 13.3. The topological polar surface area (TPSA) is 67.9 Å². The molecule has 1 saturated heterocycles. The fraction of sp³-hybridized carbons (Fsp3) is 0.300. The van der Waals surface area contributed by atoms with Gasteiger partial charge in [-0.25, -0.2) is 8.78 Å². The van der Waals surface area contributed by atoms with Gasteiger partial charge in [0.25, 0.3) is 5.91 Å². The van der Waals surface area contributed by atoms with Gasteiger partial charge in [0.05, 0.1) is 12.8 Å². The van der Waals surface area contributed by atoms with Crippen LogP contribution < -0.4 is 19.7 Å². The second kappa shape index (κ2) is 8.24. The minimum Gasteiger partial charge on any atom is -0.494 e. The molecule has 148 valence electrons. The van der Waals surface area contributed by atoms with E-state index < -0.39 is 23.6 Å². The maximum atomic E-state index is 13.3. The minimum absolute atomic E-state index is 0.0311. The van der Waals surface area contributed by atoms with E-state index in [1.807, 2.05) is 0 Å². The van der Waals surface area contributed by atoms with Crippen molar-refractivity contribution in [3.8, 4) is 11.5 Å². The van der Waals surface area contributed by atoms with Crippen LogP contribution in [-0.4, -0.2) is 31.6 Å². The Morgan fingerprint density at radius 3 is 2.61 bits per heavy atom. The molecule has 1 fully saturated rings. The van der Waals surface area contributed by atoms with Crippen LogP contribution in [0.2, 0.25) is 0 Å². The predicted molar refractivity (Wildman–Crippen MR) is 99.7 cm³/mol. The lowest BCUT2D eigenvalue weighted by Gasteiger charge is -2.20. The SMILES string of the molecule is COc1cc(NC(=O)C(C)Oc2ccc(F)c(F)c2)ccc1N1CCCC1=O. The smallest absolute Gasteiger partial charge is 0.265 e. The molecule has 1 aliphatic heterocycles. The number of rotatable bonds is 6. The molecule has 8 heteroatoms. The summed E-state index contributed by atoms with van der Waals surface area (Å²) in [5.74, 6) is -1.99. The summed E-state index contributed by atoms with van der Waals surface area (Å²) in [6.45, 7) is 2.12. The van der Waals surface area contributed by atoms with E-state index in [0.29, 0.717) is 30.1 Å². The van der Waals surface area contributed by atoms with E-state index in [4.69, 9.17) is 9.47 Å². The van der Waals surface area contributed by atoms with Crippen molar-refractivity contribution in [2.75, 3.05) is 23.9 Å². The Balaban J connectivity index is 1.69. The molecule has 1 atom stereocenters. The lowest BCUT2D eigenvalue weighted by Crippen LogP contribution is -2.30. The molecule has 0 aromatic heterocycles. The molecule has 1 N–H and O–H groups in total. The van der Waals surface area contributed by atoms with Crippen LogP contribution in [-0.2, 0) is 9.59 Å². The Labute approximate surface area is 161 Å². The fourth-order valence-corrected chi connectivity index (χ4v) is 2.93. The quantitative estimate of drug-likeness (QED) is 0.820. The van der Waals surface area contributed by atoms with Gasteiger partial charge in [-0.2, -0.15) is 0 Å². The number of nitrogens with zero attached hydrogens (tertiary/aromatic N) is 1. The number of hydrogen-bond donors (Lipinski definition) is 1. The Morgan fingerprint density at radius 2 is 1.96 bits per heavy atom. The van der Waals surface area contributed by atoms with Gasteiger partial charge >= 0.3 is 0 Å². The van der Waals surface area contributed by atoms with E-state index in [-0.39, 0.29) is 11.7 Å². The lowest BCUT2D eigenvalue weighted by atomic mass is 10.2. The predicted octanol–water partition coefficient (Wildman–Crippen LogP) is 3.51. The molecule has 3 rings (SSSR count). The summed E-state index contributed by atoms with van der Waals surface area (Å²) < 4.78 is 36.9. The van der Waals surface area contributed by atoms with Crippen LogP contribution >= 0.6 is 0 Å². The van der Waals surface area contributed by atoms with E-state index in [1.165, 1.54) is 20.1 Å². The molecule has 0 spiro atoms. The molecule has 2 aromatic carbocycles. The highest BCUT2D eigenvalue weighted by Gasteiger charge is 2.25. The summed E-state index contributed by atoms with van der Waals surface area (Å²) in [6, 6.07) is 8.03. The first kappa shape index (κ1) is 19.6. The first-order valence-corrected chi connectivity index (χ1v) is 8.80. The van der Waals surface area contributed by atoms with Gasteiger partial charge in [0.2, 0.25) is 5.91 Å². The van der Waals surface area contributed by atoms with Crippen LogP contribution in [0.15, 0.2) is 36.4 Å². The molecule has 1 unspecified atom stereocenters. The fourth-order valence-electron chi connectivity index (χ4n) is 2.93. The summed E-state index contributed by atoms with van der Waals surface area (Å²) in [7, 11) is 1.49. The molecule has 1 heterocycles. The number of nitrogens with one attached hydrogen (secondary N) is 1. The summed E-state index contributed by atoms with van der Waals surface area (Å²) in [4.78, 5) is 26.0. The summed E-state index contributed by atoms with van der Waals surface area (Å²) in [5.41, 5.74) is 1.10. The van der Waals surface area contributed by atoms with Gasteiger partial charge < -0.3 is 19.7 Å². The molecule has 28 heavy (non-hydrogen) atoms. The van der Waals surface area contributed by atoms with Gasteiger partial charge in [-0.05, 0) is 37.6 Å². The number of hydrogen-bond acceptors (Lipinski definition) is 4. The number of amides is 2. The van der Waals surface area contributed by atoms with E-state index in [0.717, 1.165) is 18.6 Å². The molecule has 1 aliphatic rings. The van der Waals surface area contributed by atoms with Gasteiger partial charge in [-0.3, -0.25) is 9.59 Å². The van der Waals surface area contributed by atoms with Crippen LogP contribution in [0.5, 0.6) is 11.5 Å². The summed E-state index contributed by atoms with van der Waals surface area (Å²) in [5, 5.41) is 2.68. The molecule has 0 radical (unpaired) electrons. The Morgan fingerprint density at radius 1 is 1.18 bits per heavy atom. The average Bonchev–Trinajstić information content (AvgIpc) is 3.10. The molecule has 2 aromatic rings. The largest absolute Gasteiger partial charge is 0.494 e. The van der Waals surface area contributed by atoms with Crippen molar-refractivity contribution in [3.05, 3.63) is 48.0 Å². The molecule has 2 amide bonds. The van der Waals surface area contributed by atoms with Gasteiger partial charge in [0.1, 0.15) is 11.5 Å². The Bertz CT molecular complexity index is 904. The second-order valence-electron chi connectivity index (χ2n) is 6.36. The van der Waals surface area contributed by atoms with Crippen molar-refractivity contribution < 1.29 is 27.8 Å². The normalized spacial score (nSPS) is 14.7. The zero-order valence-electron chi connectivity index (χ0n) is 15.5. The van der Waals surface area contributed by atoms with Crippen molar-refractivity contribution in [2.24, 2.45) is 0 Å². The number of anilines is 2.